The Morgan fingerprint density at radius 3 is 2.37 bits per heavy atom. The number of nitrogens with zero attached hydrogens (tertiary/aromatic N) is 1. The largest absolute Gasteiger partial charge is 0.346 e. The normalized spacial score (nSPS) is 13.2. The van der Waals surface area contributed by atoms with Crippen molar-refractivity contribution in [3.63, 3.8) is 0 Å². The summed E-state index contributed by atoms with van der Waals surface area (Å²) >= 11 is 0. The summed E-state index contributed by atoms with van der Waals surface area (Å²) in [7, 11) is -4.36. The van der Waals surface area contributed by atoms with Crippen LogP contribution in [0.1, 0.15) is 31.1 Å². The molecule has 0 aliphatic rings. The summed E-state index contributed by atoms with van der Waals surface area (Å²) in [5.74, 6) is -1.13. The monoisotopic (exact) mass is 288 g/mol. The van der Waals surface area contributed by atoms with E-state index < -0.39 is 18.3 Å². The van der Waals surface area contributed by atoms with Gasteiger partial charge in [-0.25, -0.2) is 0 Å². The molecule has 0 aliphatic heterocycles. The Morgan fingerprint density at radius 1 is 1.37 bits per heavy atom. The van der Waals surface area contributed by atoms with Crippen LogP contribution in [0.3, 0.4) is 0 Å². The topological polar surface area (TPSA) is 113 Å². The van der Waals surface area contributed by atoms with Crippen LogP contribution in [-0.2, 0) is 4.57 Å². The van der Waals surface area contributed by atoms with Crippen LogP contribution >= 0.6 is 7.60 Å². The predicted molar refractivity (Wildman–Crippen MR) is 70.8 cm³/mol. The lowest BCUT2D eigenvalue weighted by Gasteiger charge is -2.20. The third-order valence-electron chi connectivity index (χ3n) is 2.62. The van der Waals surface area contributed by atoms with Crippen molar-refractivity contribution < 1.29 is 19.3 Å². The Labute approximate surface area is 111 Å². The van der Waals surface area contributed by atoms with Crippen LogP contribution < -0.4 is 5.32 Å². The van der Waals surface area contributed by atoms with Crippen molar-refractivity contribution in [3.8, 4) is 0 Å². The number of hydrogen-bond acceptors (Lipinski definition) is 4. The molecule has 0 radical (unpaired) electrons. The van der Waals surface area contributed by atoms with Crippen LogP contribution in [0.4, 0.5) is 5.69 Å². The number of nitrogens with one attached hydrogen (secondary N) is 1. The molecule has 3 N–H and O–H groups in total. The Balaban J connectivity index is 2.91. The van der Waals surface area contributed by atoms with Gasteiger partial charge in [-0.2, -0.15) is 0 Å². The van der Waals surface area contributed by atoms with Gasteiger partial charge >= 0.3 is 7.60 Å². The van der Waals surface area contributed by atoms with Crippen LogP contribution in [0.25, 0.3) is 0 Å². The van der Waals surface area contributed by atoms with Crippen molar-refractivity contribution in [2.75, 3.05) is 6.54 Å². The number of nitro benzene ring substituents is 1. The van der Waals surface area contributed by atoms with E-state index in [1.54, 1.807) is 0 Å². The first-order valence-electron chi connectivity index (χ1n) is 5.89. The van der Waals surface area contributed by atoms with Crippen LogP contribution in [0.2, 0.25) is 0 Å². The SMILES string of the molecule is CCCCNC(c1ccc([N+](=O)[O-])cc1)P(=O)(O)O. The Kier molecular flexibility index (Phi) is 5.62. The van der Waals surface area contributed by atoms with Gasteiger partial charge in [0.1, 0.15) is 5.78 Å². The number of rotatable bonds is 7. The third kappa shape index (κ3) is 4.72. The molecule has 1 aromatic rings. The summed E-state index contributed by atoms with van der Waals surface area (Å²) < 4.78 is 11.4. The molecule has 1 atom stereocenters. The first-order chi connectivity index (χ1) is 8.86. The molecule has 1 rings (SSSR count). The van der Waals surface area contributed by atoms with E-state index in [1.807, 2.05) is 6.92 Å². The van der Waals surface area contributed by atoms with Gasteiger partial charge < -0.3 is 9.79 Å². The average molecular weight is 288 g/mol. The van der Waals surface area contributed by atoms with Gasteiger partial charge in [0.2, 0.25) is 0 Å². The standard InChI is InChI=1S/C11H17N2O5P/c1-2-3-8-12-11(19(16,17)18)9-4-6-10(7-5-9)13(14)15/h4-7,11-12H,2-3,8H2,1H3,(H2,16,17,18). The Morgan fingerprint density at radius 2 is 1.95 bits per heavy atom. The number of benzene rings is 1. The van der Waals surface area contributed by atoms with Crippen LogP contribution in [-0.4, -0.2) is 21.3 Å². The fourth-order valence-corrected chi connectivity index (χ4v) is 2.55. The van der Waals surface area contributed by atoms with E-state index >= 15 is 0 Å². The summed E-state index contributed by atoms with van der Waals surface area (Å²) in [5, 5.41) is 13.3. The molecule has 0 heterocycles. The molecular weight excluding hydrogens is 271 g/mol. The van der Waals surface area contributed by atoms with E-state index in [1.165, 1.54) is 24.3 Å². The maximum Gasteiger partial charge on any atom is 0.346 e. The lowest BCUT2D eigenvalue weighted by atomic mass is 10.2. The highest BCUT2D eigenvalue weighted by Gasteiger charge is 2.30. The van der Waals surface area contributed by atoms with Gasteiger partial charge in [-0.3, -0.25) is 20.0 Å². The molecule has 7 nitrogen and oxygen atoms in total. The lowest BCUT2D eigenvalue weighted by Crippen LogP contribution is -2.22. The molecule has 8 heteroatoms. The van der Waals surface area contributed by atoms with Crippen molar-refractivity contribution in [1.82, 2.24) is 5.32 Å². The smallest absolute Gasteiger partial charge is 0.323 e. The predicted octanol–water partition coefficient (Wildman–Crippen LogP) is 2.16. The molecule has 0 amide bonds. The molecule has 0 aliphatic carbocycles. The minimum atomic E-state index is -4.36. The van der Waals surface area contributed by atoms with Gasteiger partial charge in [0, 0.05) is 12.1 Å². The van der Waals surface area contributed by atoms with Crippen molar-refractivity contribution >= 4 is 13.3 Å². The van der Waals surface area contributed by atoms with Crippen molar-refractivity contribution in [2.24, 2.45) is 0 Å². The van der Waals surface area contributed by atoms with Crippen LogP contribution in [0.5, 0.6) is 0 Å². The minimum absolute atomic E-state index is 0.109. The molecular formula is C11H17N2O5P. The summed E-state index contributed by atoms with van der Waals surface area (Å²) in [6.07, 6.45) is 1.70. The van der Waals surface area contributed by atoms with Crippen LogP contribution in [0, 0.1) is 10.1 Å². The van der Waals surface area contributed by atoms with Gasteiger partial charge in [-0.05, 0) is 30.7 Å². The van der Waals surface area contributed by atoms with Crippen molar-refractivity contribution in [2.45, 2.75) is 25.5 Å². The molecule has 0 saturated carbocycles. The summed E-state index contributed by atoms with van der Waals surface area (Å²) in [4.78, 5) is 28.6. The van der Waals surface area contributed by atoms with E-state index in [2.05, 4.69) is 5.32 Å². The zero-order valence-corrected chi connectivity index (χ0v) is 11.4. The average Bonchev–Trinajstić information content (AvgIpc) is 2.33. The van der Waals surface area contributed by atoms with Crippen LogP contribution in [0.15, 0.2) is 24.3 Å². The summed E-state index contributed by atoms with van der Waals surface area (Å²) in [6, 6.07) is 5.20. The summed E-state index contributed by atoms with van der Waals surface area (Å²) in [6.45, 7) is 2.45. The number of unbranched alkanes of at least 4 members (excludes halogenated alkanes) is 1. The minimum Gasteiger partial charge on any atom is -0.323 e. The molecule has 19 heavy (non-hydrogen) atoms. The molecule has 1 unspecified atom stereocenters. The Hall–Kier alpha value is -1.27. The molecule has 0 spiro atoms. The highest BCUT2D eigenvalue weighted by molar-refractivity contribution is 7.52. The zero-order chi connectivity index (χ0) is 14.5. The van der Waals surface area contributed by atoms with E-state index in [9.17, 15) is 24.5 Å². The molecule has 0 saturated heterocycles. The fraction of sp³-hybridized carbons (Fsp3) is 0.455. The second-order valence-corrected chi connectivity index (χ2v) is 5.84. The number of nitro groups is 1. The van der Waals surface area contributed by atoms with E-state index in [0.29, 0.717) is 12.1 Å². The zero-order valence-electron chi connectivity index (χ0n) is 10.5. The van der Waals surface area contributed by atoms with Gasteiger partial charge in [0.05, 0.1) is 4.92 Å². The van der Waals surface area contributed by atoms with Crippen molar-refractivity contribution in [1.29, 1.82) is 0 Å². The summed E-state index contributed by atoms with van der Waals surface area (Å²) in [5.41, 5.74) is 0.233. The molecule has 0 fully saturated rings. The second kappa shape index (κ2) is 6.77. The maximum absolute atomic E-state index is 11.4. The first kappa shape index (κ1) is 15.8. The highest BCUT2D eigenvalue weighted by Crippen LogP contribution is 2.49. The van der Waals surface area contributed by atoms with Crippen molar-refractivity contribution in [3.05, 3.63) is 39.9 Å². The van der Waals surface area contributed by atoms with Gasteiger partial charge in [0.15, 0.2) is 0 Å². The molecule has 106 valence electrons. The second-order valence-electron chi connectivity index (χ2n) is 4.15. The fourth-order valence-electron chi connectivity index (χ4n) is 1.62. The van der Waals surface area contributed by atoms with E-state index in [0.717, 1.165) is 12.8 Å². The number of non-ortho nitro benzene ring substituents is 1. The first-order valence-corrected chi connectivity index (χ1v) is 7.57. The van der Waals surface area contributed by atoms with Gasteiger partial charge in [0.25, 0.3) is 5.69 Å². The molecule has 0 aromatic heterocycles. The molecule has 0 bridgehead atoms. The Bertz CT molecular complexity index is 470. The van der Waals surface area contributed by atoms with Gasteiger partial charge in [-0.1, -0.05) is 13.3 Å². The molecule has 1 aromatic carbocycles. The van der Waals surface area contributed by atoms with E-state index in [-0.39, 0.29) is 5.69 Å². The number of hydrogen-bond donors (Lipinski definition) is 3. The maximum atomic E-state index is 11.4. The third-order valence-corrected chi connectivity index (χ3v) is 3.78. The lowest BCUT2D eigenvalue weighted by molar-refractivity contribution is -0.384. The van der Waals surface area contributed by atoms with E-state index in [4.69, 9.17) is 0 Å². The highest BCUT2D eigenvalue weighted by atomic mass is 31.2. The van der Waals surface area contributed by atoms with Gasteiger partial charge in [-0.15, -0.1) is 0 Å². The quantitative estimate of drug-likeness (QED) is 0.307.